The van der Waals surface area contributed by atoms with Gasteiger partial charge in [-0.15, -0.1) is 11.3 Å². The van der Waals surface area contributed by atoms with Crippen molar-refractivity contribution in [1.29, 1.82) is 0 Å². The van der Waals surface area contributed by atoms with Gasteiger partial charge in [-0.25, -0.2) is 4.98 Å². The maximum Gasteiger partial charge on any atom is 0.250 e. The summed E-state index contributed by atoms with van der Waals surface area (Å²) in [6.45, 7) is 4.72. The third-order valence-electron chi connectivity index (χ3n) is 4.69. The van der Waals surface area contributed by atoms with Crippen LogP contribution in [0.3, 0.4) is 0 Å². The van der Waals surface area contributed by atoms with Crippen molar-refractivity contribution >= 4 is 22.8 Å². The predicted molar refractivity (Wildman–Crippen MR) is 88.0 cm³/mol. The van der Waals surface area contributed by atoms with Gasteiger partial charge in [-0.05, 0) is 25.0 Å². The number of aromatic nitrogens is 1. The average molecular weight is 332 g/mol. The highest BCUT2D eigenvalue weighted by Gasteiger charge is 2.41. The number of amides is 1. The van der Waals surface area contributed by atoms with E-state index >= 15 is 0 Å². The maximum atomic E-state index is 12.7. The molecule has 3 aliphatic rings. The second-order valence-corrected chi connectivity index (χ2v) is 7.25. The Hall–Kier alpha value is -1.50. The smallest absolute Gasteiger partial charge is 0.250 e. The van der Waals surface area contributed by atoms with E-state index in [0.29, 0.717) is 32.7 Å². The van der Waals surface area contributed by atoms with E-state index < -0.39 is 5.79 Å². The van der Waals surface area contributed by atoms with Crippen LogP contribution >= 0.6 is 11.3 Å². The molecule has 4 rings (SSSR count). The molecule has 2 aliphatic heterocycles. The first-order valence-electron chi connectivity index (χ1n) is 8.06. The summed E-state index contributed by atoms with van der Waals surface area (Å²) >= 11 is 1.64. The van der Waals surface area contributed by atoms with Crippen molar-refractivity contribution in [2.75, 3.05) is 26.3 Å². The summed E-state index contributed by atoms with van der Waals surface area (Å²) in [4.78, 5) is 19.1. The van der Waals surface area contributed by atoms with Crippen LogP contribution in [0.2, 0.25) is 0 Å². The molecule has 0 atom stereocenters. The third-order valence-corrected chi connectivity index (χ3v) is 5.46. The molecular formula is C17H20N2O3S. The molecule has 2 saturated heterocycles. The van der Waals surface area contributed by atoms with Crippen molar-refractivity contribution in [3.8, 4) is 0 Å². The molecule has 0 aromatic carbocycles. The number of likely N-dealkylation sites (tertiary alicyclic amines) is 1. The number of carbonyl (C=O) groups excluding carboxylic acids is 1. The second-order valence-electron chi connectivity index (χ2n) is 6.18. The highest BCUT2D eigenvalue weighted by Crippen LogP contribution is 2.33. The van der Waals surface area contributed by atoms with E-state index in [9.17, 15) is 4.79 Å². The van der Waals surface area contributed by atoms with Gasteiger partial charge in [-0.2, -0.15) is 0 Å². The molecule has 0 unspecified atom stereocenters. The fourth-order valence-electron chi connectivity index (χ4n) is 3.39. The van der Waals surface area contributed by atoms with Crippen LogP contribution in [0.4, 0.5) is 0 Å². The van der Waals surface area contributed by atoms with Crippen LogP contribution in [0.15, 0.2) is 23.1 Å². The lowest BCUT2D eigenvalue weighted by Gasteiger charge is -2.37. The first-order chi connectivity index (χ1) is 11.2. The normalized spacial score (nSPS) is 23.3. The van der Waals surface area contributed by atoms with E-state index in [1.54, 1.807) is 11.3 Å². The number of ether oxygens (including phenoxy) is 2. The Morgan fingerprint density at radius 3 is 2.70 bits per heavy atom. The van der Waals surface area contributed by atoms with Crippen molar-refractivity contribution in [1.82, 2.24) is 9.88 Å². The molecule has 23 heavy (non-hydrogen) atoms. The maximum absolute atomic E-state index is 12.7. The van der Waals surface area contributed by atoms with E-state index in [0.717, 1.165) is 34.7 Å². The molecule has 0 bridgehead atoms. The van der Waals surface area contributed by atoms with E-state index in [1.165, 1.54) is 0 Å². The summed E-state index contributed by atoms with van der Waals surface area (Å²) in [6, 6.07) is 0. The van der Waals surface area contributed by atoms with Gasteiger partial charge in [-0.1, -0.05) is 6.08 Å². The summed E-state index contributed by atoms with van der Waals surface area (Å²) in [5.41, 5.74) is 2.89. The third kappa shape index (κ3) is 2.86. The average Bonchev–Trinajstić information content (AvgIpc) is 3.28. The van der Waals surface area contributed by atoms with Gasteiger partial charge in [0, 0.05) is 36.9 Å². The minimum atomic E-state index is -0.428. The lowest BCUT2D eigenvalue weighted by Crippen LogP contribution is -2.47. The molecule has 1 aromatic heterocycles. The topological polar surface area (TPSA) is 51.7 Å². The molecular weight excluding hydrogens is 312 g/mol. The number of hydrogen-bond acceptors (Lipinski definition) is 5. The quantitative estimate of drug-likeness (QED) is 0.835. The molecule has 6 heteroatoms. The van der Waals surface area contributed by atoms with Crippen LogP contribution in [-0.4, -0.2) is 47.9 Å². The Kier molecular flexibility index (Phi) is 3.83. The zero-order valence-corrected chi connectivity index (χ0v) is 14.0. The summed E-state index contributed by atoms with van der Waals surface area (Å²) in [6.07, 6.45) is 6.30. The van der Waals surface area contributed by atoms with E-state index in [-0.39, 0.29) is 5.91 Å². The van der Waals surface area contributed by atoms with Gasteiger partial charge in [0.05, 0.1) is 23.9 Å². The lowest BCUT2D eigenvalue weighted by molar-refractivity contribution is -0.186. The molecule has 0 radical (unpaired) electrons. The van der Waals surface area contributed by atoms with Crippen molar-refractivity contribution in [2.24, 2.45) is 0 Å². The van der Waals surface area contributed by atoms with Gasteiger partial charge in [0.1, 0.15) is 0 Å². The molecule has 1 aliphatic carbocycles. The minimum Gasteiger partial charge on any atom is -0.347 e. The van der Waals surface area contributed by atoms with Crippen molar-refractivity contribution in [2.45, 2.75) is 32.0 Å². The molecule has 2 fully saturated rings. The summed E-state index contributed by atoms with van der Waals surface area (Å²) in [5, 5.41) is 3.09. The predicted octanol–water partition coefficient (Wildman–Crippen LogP) is 2.53. The molecule has 0 saturated carbocycles. The van der Waals surface area contributed by atoms with Crippen molar-refractivity contribution in [3.05, 3.63) is 33.8 Å². The molecule has 122 valence electrons. The van der Waals surface area contributed by atoms with Crippen LogP contribution in [0.1, 0.15) is 30.0 Å². The Labute approximate surface area is 139 Å². The van der Waals surface area contributed by atoms with Gasteiger partial charge < -0.3 is 14.4 Å². The Bertz CT molecular complexity index is 676. The first-order valence-corrected chi connectivity index (χ1v) is 8.94. The first kappa shape index (κ1) is 15.1. The molecule has 3 heterocycles. The molecule has 5 nitrogen and oxygen atoms in total. The zero-order valence-electron chi connectivity index (χ0n) is 13.2. The number of hydrogen-bond donors (Lipinski definition) is 0. The van der Waals surface area contributed by atoms with E-state index in [1.807, 2.05) is 23.3 Å². The highest BCUT2D eigenvalue weighted by atomic mass is 32.1. The summed E-state index contributed by atoms with van der Waals surface area (Å²) in [7, 11) is 0. The van der Waals surface area contributed by atoms with Crippen LogP contribution in [0, 0.1) is 6.92 Å². The molecule has 1 spiro atoms. The number of nitrogens with zero attached hydrogens (tertiary/aromatic N) is 2. The van der Waals surface area contributed by atoms with E-state index in [2.05, 4.69) is 11.1 Å². The lowest BCUT2D eigenvalue weighted by atomic mass is 10.0. The van der Waals surface area contributed by atoms with Crippen molar-refractivity contribution < 1.29 is 14.3 Å². The van der Waals surface area contributed by atoms with Crippen LogP contribution < -0.4 is 0 Å². The Morgan fingerprint density at radius 1 is 1.30 bits per heavy atom. The fraction of sp³-hybridized carbons (Fsp3) is 0.529. The summed E-state index contributed by atoms with van der Waals surface area (Å²) in [5.74, 6) is -0.293. The highest BCUT2D eigenvalue weighted by molar-refractivity contribution is 7.09. The monoisotopic (exact) mass is 332 g/mol. The van der Waals surface area contributed by atoms with Gasteiger partial charge in [-0.3, -0.25) is 4.79 Å². The SMILES string of the molecule is Cc1nc(C2=CCC(C(=O)N3CCC4(CC3)OCCO4)=C2)cs1. The van der Waals surface area contributed by atoms with E-state index in [4.69, 9.17) is 9.47 Å². The number of carbonyl (C=O) groups is 1. The molecule has 1 aromatic rings. The summed E-state index contributed by atoms with van der Waals surface area (Å²) < 4.78 is 11.4. The van der Waals surface area contributed by atoms with Crippen LogP contribution in [0.5, 0.6) is 0 Å². The van der Waals surface area contributed by atoms with Gasteiger partial charge in [0.15, 0.2) is 5.79 Å². The Morgan fingerprint density at radius 2 is 2.04 bits per heavy atom. The number of piperidine rings is 1. The van der Waals surface area contributed by atoms with Crippen LogP contribution in [-0.2, 0) is 14.3 Å². The molecule has 1 amide bonds. The van der Waals surface area contributed by atoms with Crippen LogP contribution in [0.25, 0.3) is 5.57 Å². The fourth-order valence-corrected chi connectivity index (χ4v) is 4.01. The number of aryl methyl sites for hydroxylation is 1. The van der Waals surface area contributed by atoms with Gasteiger partial charge in [0.2, 0.25) is 5.91 Å². The number of rotatable bonds is 2. The molecule has 0 N–H and O–H groups in total. The van der Waals surface area contributed by atoms with Gasteiger partial charge in [0.25, 0.3) is 0 Å². The Balaban J connectivity index is 1.41. The number of thiazole rings is 1. The number of allylic oxidation sites excluding steroid dienone is 3. The largest absolute Gasteiger partial charge is 0.347 e. The standard InChI is InChI=1S/C17H20N2O3S/c1-12-18-15(11-23-12)13-2-3-14(10-13)16(20)19-6-4-17(5-7-19)21-8-9-22-17/h2,10-11H,3-9H2,1H3. The minimum absolute atomic E-state index is 0.135. The van der Waals surface area contributed by atoms with Crippen molar-refractivity contribution in [3.63, 3.8) is 0 Å². The van der Waals surface area contributed by atoms with Gasteiger partial charge >= 0.3 is 0 Å². The second kappa shape index (κ2) is 5.85. The zero-order chi connectivity index (χ0) is 15.9.